The molecule has 0 aliphatic heterocycles. The molecule has 0 aliphatic carbocycles. The van der Waals surface area contributed by atoms with Gasteiger partial charge < -0.3 is 15.2 Å². The van der Waals surface area contributed by atoms with Crippen LogP contribution in [-0.4, -0.2) is 35.0 Å². The molecular weight excluding hydrogens is 262 g/mol. The van der Waals surface area contributed by atoms with E-state index in [1.807, 2.05) is 6.07 Å². The van der Waals surface area contributed by atoms with Crippen molar-refractivity contribution in [1.29, 1.82) is 5.26 Å². The standard InChI is InChI=1S/C12H11N5O3/c1-19-9-6-7(2-3-8(9)20-5-4-13)10-11(12(14)18)16-17-15-10/h2-3,6H,5H2,1H3,(H2,14,18)(H,15,16,17). The Morgan fingerprint density at radius 3 is 2.90 bits per heavy atom. The van der Waals surface area contributed by atoms with Crippen molar-refractivity contribution in [2.75, 3.05) is 13.7 Å². The van der Waals surface area contributed by atoms with Crippen LogP contribution < -0.4 is 15.2 Å². The molecule has 0 bridgehead atoms. The second-order valence-electron chi connectivity index (χ2n) is 3.70. The quantitative estimate of drug-likeness (QED) is 0.815. The van der Waals surface area contributed by atoms with E-state index in [0.29, 0.717) is 22.8 Å². The van der Waals surface area contributed by atoms with Crippen molar-refractivity contribution in [3.8, 4) is 28.8 Å². The zero-order valence-corrected chi connectivity index (χ0v) is 10.6. The fraction of sp³-hybridized carbons (Fsp3) is 0.167. The first-order valence-electron chi connectivity index (χ1n) is 5.56. The van der Waals surface area contributed by atoms with Crippen LogP contribution in [0.5, 0.6) is 11.5 Å². The molecule has 1 aromatic carbocycles. The average Bonchev–Trinajstić information content (AvgIpc) is 2.94. The zero-order chi connectivity index (χ0) is 14.5. The summed E-state index contributed by atoms with van der Waals surface area (Å²) in [6.07, 6.45) is 0. The molecule has 1 aromatic heterocycles. The molecule has 1 amide bonds. The minimum absolute atomic E-state index is 0.0396. The lowest BCUT2D eigenvalue weighted by Crippen LogP contribution is -2.12. The number of aromatic amines is 1. The minimum Gasteiger partial charge on any atom is -0.493 e. The van der Waals surface area contributed by atoms with E-state index >= 15 is 0 Å². The number of rotatable bonds is 5. The fourth-order valence-electron chi connectivity index (χ4n) is 1.65. The number of carbonyl (C=O) groups is 1. The maximum absolute atomic E-state index is 11.2. The predicted octanol–water partition coefficient (Wildman–Crippen LogP) is 0.482. The van der Waals surface area contributed by atoms with E-state index in [-0.39, 0.29) is 12.3 Å². The van der Waals surface area contributed by atoms with Gasteiger partial charge in [0.25, 0.3) is 5.91 Å². The Morgan fingerprint density at radius 2 is 2.25 bits per heavy atom. The summed E-state index contributed by atoms with van der Waals surface area (Å²) in [7, 11) is 1.47. The predicted molar refractivity (Wildman–Crippen MR) is 68.0 cm³/mol. The molecule has 2 rings (SSSR count). The summed E-state index contributed by atoms with van der Waals surface area (Å²) in [6.45, 7) is -0.0911. The lowest BCUT2D eigenvalue weighted by molar-refractivity contribution is 0.0996. The highest BCUT2D eigenvalue weighted by Crippen LogP contribution is 2.32. The van der Waals surface area contributed by atoms with Gasteiger partial charge in [0.15, 0.2) is 23.8 Å². The first-order chi connectivity index (χ1) is 9.67. The highest BCUT2D eigenvalue weighted by atomic mass is 16.5. The third-order valence-corrected chi connectivity index (χ3v) is 2.51. The number of ether oxygens (including phenoxy) is 2. The molecule has 0 unspecified atom stereocenters. The number of amides is 1. The van der Waals surface area contributed by atoms with E-state index in [0.717, 1.165) is 0 Å². The summed E-state index contributed by atoms with van der Waals surface area (Å²) in [5, 5.41) is 18.4. The number of nitriles is 1. The third kappa shape index (κ3) is 2.51. The van der Waals surface area contributed by atoms with Crippen molar-refractivity contribution >= 4 is 5.91 Å². The normalized spacial score (nSPS) is 9.80. The van der Waals surface area contributed by atoms with E-state index in [9.17, 15) is 4.79 Å². The highest BCUT2D eigenvalue weighted by molar-refractivity contribution is 5.96. The molecule has 0 radical (unpaired) electrons. The Morgan fingerprint density at radius 1 is 1.45 bits per heavy atom. The monoisotopic (exact) mass is 273 g/mol. The number of carbonyl (C=O) groups excluding carboxylic acids is 1. The van der Waals surface area contributed by atoms with Crippen LogP contribution >= 0.6 is 0 Å². The summed E-state index contributed by atoms with van der Waals surface area (Å²) in [4.78, 5) is 11.2. The number of aromatic nitrogens is 3. The molecule has 102 valence electrons. The summed E-state index contributed by atoms with van der Waals surface area (Å²) >= 11 is 0. The van der Waals surface area contributed by atoms with Crippen LogP contribution in [-0.2, 0) is 0 Å². The highest BCUT2D eigenvalue weighted by Gasteiger charge is 2.17. The number of methoxy groups -OCH3 is 1. The topological polar surface area (TPSA) is 127 Å². The number of nitrogens with two attached hydrogens (primary N) is 1. The number of H-pyrrole nitrogens is 1. The Bertz CT molecular complexity index is 674. The molecule has 1 heterocycles. The number of nitrogens with zero attached hydrogens (tertiary/aromatic N) is 3. The first-order valence-corrected chi connectivity index (χ1v) is 5.56. The van der Waals surface area contributed by atoms with Crippen LogP contribution in [0.4, 0.5) is 0 Å². The summed E-state index contributed by atoms with van der Waals surface area (Å²) in [5.74, 6) is 0.149. The summed E-state index contributed by atoms with van der Waals surface area (Å²) in [5.41, 5.74) is 6.16. The van der Waals surface area contributed by atoms with Crippen LogP contribution in [0.15, 0.2) is 18.2 Å². The lowest BCUT2D eigenvalue weighted by Gasteiger charge is -2.09. The van der Waals surface area contributed by atoms with Gasteiger partial charge in [-0.2, -0.15) is 20.7 Å². The van der Waals surface area contributed by atoms with Gasteiger partial charge in [-0.1, -0.05) is 0 Å². The van der Waals surface area contributed by atoms with Gasteiger partial charge >= 0.3 is 0 Å². The maximum atomic E-state index is 11.2. The molecule has 0 aliphatic rings. The average molecular weight is 273 g/mol. The molecule has 0 atom stereocenters. The first kappa shape index (κ1) is 13.4. The van der Waals surface area contributed by atoms with Gasteiger partial charge in [0.1, 0.15) is 11.8 Å². The minimum atomic E-state index is -0.683. The van der Waals surface area contributed by atoms with E-state index in [1.54, 1.807) is 18.2 Å². The molecule has 20 heavy (non-hydrogen) atoms. The van der Waals surface area contributed by atoms with Crippen LogP contribution in [0.3, 0.4) is 0 Å². The van der Waals surface area contributed by atoms with E-state index in [4.69, 9.17) is 20.5 Å². The third-order valence-electron chi connectivity index (χ3n) is 2.51. The molecule has 8 nitrogen and oxygen atoms in total. The number of benzene rings is 1. The van der Waals surface area contributed by atoms with Gasteiger partial charge in [-0.25, -0.2) is 0 Å². The van der Waals surface area contributed by atoms with E-state index in [1.165, 1.54) is 7.11 Å². The Labute approximate surface area is 114 Å². The van der Waals surface area contributed by atoms with Gasteiger partial charge in [0, 0.05) is 5.56 Å². The number of hydrogen-bond acceptors (Lipinski definition) is 6. The molecule has 0 spiro atoms. The van der Waals surface area contributed by atoms with E-state index < -0.39 is 5.91 Å². The van der Waals surface area contributed by atoms with Crippen molar-refractivity contribution in [3.63, 3.8) is 0 Å². The largest absolute Gasteiger partial charge is 0.493 e. The van der Waals surface area contributed by atoms with Gasteiger partial charge in [-0.3, -0.25) is 4.79 Å². The molecule has 0 saturated carbocycles. The Kier molecular flexibility index (Phi) is 3.81. The van der Waals surface area contributed by atoms with Crippen molar-refractivity contribution < 1.29 is 14.3 Å². The molecular formula is C12H11N5O3. The van der Waals surface area contributed by atoms with Gasteiger partial charge in [0.05, 0.1) is 7.11 Å². The molecule has 0 fully saturated rings. The smallest absolute Gasteiger partial charge is 0.271 e. The molecule has 3 N–H and O–H groups in total. The number of hydrogen-bond donors (Lipinski definition) is 2. The maximum Gasteiger partial charge on any atom is 0.271 e. The second kappa shape index (κ2) is 5.71. The van der Waals surface area contributed by atoms with Crippen LogP contribution in [0, 0.1) is 11.3 Å². The van der Waals surface area contributed by atoms with Gasteiger partial charge in [0.2, 0.25) is 0 Å². The molecule has 0 saturated heterocycles. The molecule has 8 heteroatoms. The van der Waals surface area contributed by atoms with Crippen LogP contribution in [0.1, 0.15) is 10.5 Å². The van der Waals surface area contributed by atoms with Crippen molar-refractivity contribution in [1.82, 2.24) is 15.4 Å². The Balaban J connectivity index is 2.41. The number of primary amides is 1. The van der Waals surface area contributed by atoms with Crippen LogP contribution in [0.25, 0.3) is 11.3 Å². The fourth-order valence-corrected chi connectivity index (χ4v) is 1.65. The van der Waals surface area contributed by atoms with Gasteiger partial charge in [-0.15, -0.1) is 0 Å². The Hall–Kier alpha value is -3.08. The van der Waals surface area contributed by atoms with Crippen LogP contribution in [0.2, 0.25) is 0 Å². The SMILES string of the molecule is COc1cc(-c2n[nH]nc2C(N)=O)ccc1OCC#N. The summed E-state index contributed by atoms with van der Waals surface area (Å²) < 4.78 is 10.4. The van der Waals surface area contributed by atoms with Crippen molar-refractivity contribution in [2.45, 2.75) is 0 Å². The zero-order valence-electron chi connectivity index (χ0n) is 10.6. The number of nitrogens with one attached hydrogen (secondary N) is 1. The van der Waals surface area contributed by atoms with Crippen molar-refractivity contribution in [3.05, 3.63) is 23.9 Å². The van der Waals surface area contributed by atoms with E-state index in [2.05, 4.69) is 15.4 Å². The van der Waals surface area contributed by atoms with Gasteiger partial charge in [-0.05, 0) is 18.2 Å². The molecule has 2 aromatic rings. The lowest BCUT2D eigenvalue weighted by atomic mass is 10.1. The second-order valence-corrected chi connectivity index (χ2v) is 3.70. The summed E-state index contributed by atoms with van der Waals surface area (Å²) in [6, 6.07) is 6.77. The van der Waals surface area contributed by atoms with Crippen molar-refractivity contribution in [2.24, 2.45) is 5.73 Å².